The molecule has 76 valence electrons. The van der Waals surface area contributed by atoms with Crippen molar-refractivity contribution in [2.24, 2.45) is 0 Å². The zero-order valence-electron chi connectivity index (χ0n) is 8.53. The van der Waals surface area contributed by atoms with Crippen molar-refractivity contribution < 1.29 is 4.79 Å². The largest absolute Gasteiger partial charge is 0.348 e. The SMILES string of the molecule is CNC(=O)N1CCn2cccc2[C@H]1C. The van der Waals surface area contributed by atoms with Crippen LogP contribution in [-0.2, 0) is 6.54 Å². The average Bonchev–Trinajstić information content (AvgIpc) is 2.66. The summed E-state index contributed by atoms with van der Waals surface area (Å²) < 4.78 is 2.20. The van der Waals surface area contributed by atoms with Crippen LogP contribution in [0.5, 0.6) is 0 Å². The van der Waals surface area contributed by atoms with Gasteiger partial charge in [0.2, 0.25) is 0 Å². The molecule has 1 aliphatic rings. The van der Waals surface area contributed by atoms with E-state index in [2.05, 4.69) is 29.1 Å². The van der Waals surface area contributed by atoms with Gasteiger partial charge in [-0.15, -0.1) is 0 Å². The van der Waals surface area contributed by atoms with E-state index in [0.717, 1.165) is 13.1 Å². The number of nitrogens with zero attached hydrogens (tertiary/aromatic N) is 2. The first-order chi connectivity index (χ1) is 6.74. The first kappa shape index (κ1) is 9.12. The maximum atomic E-state index is 11.5. The quantitative estimate of drug-likeness (QED) is 0.660. The van der Waals surface area contributed by atoms with Crippen LogP contribution in [0.4, 0.5) is 4.79 Å². The second-order valence-electron chi connectivity index (χ2n) is 3.55. The molecule has 4 heteroatoms. The van der Waals surface area contributed by atoms with Gasteiger partial charge >= 0.3 is 6.03 Å². The Balaban J connectivity index is 2.25. The molecule has 0 aliphatic carbocycles. The minimum atomic E-state index is 0.00458. The standard InChI is InChI=1S/C10H15N3O/c1-8-9-4-3-5-12(9)6-7-13(8)10(14)11-2/h3-5,8H,6-7H2,1-2H3,(H,11,14)/t8-/m1/s1. The van der Waals surface area contributed by atoms with Crippen LogP contribution in [0.2, 0.25) is 0 Å². The Hall–Kier alpha value is -1.45. The molecule has 1 atom stereocenters. The minimum absolute atomic E-state index is 0.00458. The summed E-state index contributed by atoms with van der Waals surface area (Å²) in [6.45, 7) is 3.73. The van der Waals surface area contributed by atoms with E-state index in [1.807, 2.05) is 11.0 Å². The lowest BCUT2D eigenvalue weighted by atomic mass is 10.1. The highest BCUT2D eigenvalue weighted by atomic mass is 16.2. The molecule has 0 unspecified atom stereocenters. The van der Waals surface area contributed by atoms with E-state index in [4.69, 9.17) is 0 Å². The van der Waals surface area contributed by atoms with E-state index in [1.54, 1.807) is 7.05 Å². The number of aromatic nitrogens is 1. The van der Waals surface area contributed by atoms with Gasteiger partial charge in [0.15, 0.2) is 0 Å². The number of carbonyl (C=O) groups excluding carboxylic acids is 1. The maximum absolute atomic E-state index is 11.5. The van der Waals surface area contributed by atoms with Crippen LogP contribution in [0.25, 0.3) is 0 Å². The Morgan fingerprint density at radius 2 is 2.36 bits per heavy atom. The fraction of sp³-hybridized carbons (Fsp3) is 0.500. The summed E-state index contributed by atoms with van der Waals surface area (Å²) in [7, 11) is 1.67. The molecule has 2 rings (SSSR count). The van der Waals surface area contributed by atoms with Gasteiger partial charge in [0, 0.05) is 32.0 Å². The molecule has 0 spiro atoms. The average molecular weight is 193 g/mol. The summed E-state index contributed by atoms with van der Waals surface area (Å²) in [6, 6.07) is 4.27. The third kappa shape index (κ3) is 1.27. The number of rotatable bonds is 0. The van der Waals surface area contributed by atoms with Crippen molar-refractivity contribution in [2.45, 2.75) is 19.5 Å². The first-order valence-corrected chi connectivity index (χ1v) is 4.87. The van der Waals surface area contributed by atoms with Crippen LogP contribution < -0.4 is 5.32 Å². The van der Waals surface area contributed by atoms with Gasteiger partial charge in [-0.1, -0.05) is 0 Å². The molecule has 0 aromatic carbocycles. The van der Waals surface area contributed by atoms with E-state index in [0.29, 0.717) is 0 Å². The number of hydrogen-bond acceptors (Lipinski definition) is 1. The van der Waals surface area contributed by atoms with E-state index in [9.17, 15) is 4.79 Å². The van der Waals surface area contributed by atoms with Crippen molar-refractivity contribution in [2.75, 3.05) is 13.6 Å². The Bertz CT molecular complexity index is 345. The molecule has 2 heterocycles. The minimum Gasteiger partial charge on any atom is -0.348 e. The summed E-state index contributed by atoms with van der Waals surface area (Å²) >= 11 is 0. The lowest BCUT2D eigenvalue weighted by Crippen LogP contribution is -2.44. The highest BCUT2D eigenvalue weighted by Gasteiger charge is 2.26. The number of fused-ring (bicyclic) bond motifs is 1. The Morgan fingerprint density at radius 3 is 3.07 bits per heavy atom. The van der Waals surface area contributed by atoms with Crippen molar-refractivity contribution in [3.05, 3.63) is 24.0 Å². The van der Waals surface area contributed by atoms with Gasteiger partial charge in [0.05, 0.1) is 6.04 Å². The highest BCUT2D eigenvalue weighted by molar-refractivity contribution is 5.74. The zero-order valence-corrected chi connectivity index (χ0v) is 8.53. The normalized spacial score (nSPS) is 20.4. The van der Waals surface area contributed by atoms with Crippen LogP contribution >= 0.6 is 0 Å². The van der Waals surface area contributed by atoms with Gasteiger partial charge < -0.3 is 14.8 Å². The van der Waals surface area contributed by atoms with Crippen molar-refractivity contribution in [1.29, 1.82) is 0 Å². The molecule has 0 radical (unpaired) electrons. The topological polar surface area (TPSA) is 37.3 Å². The molecule has 0 saturated heterocycles. The third-order valence-electron chi connectivity index (χ3n) is 2.82. The molecule has 2 amide bonds. The fourth-order valence-electron chi connectivity index (χ4n) is 2.00. The van der Waals surface area contributed by atoms with Gasteiger partial charge in [-0.25, -0.2) is 4.79 Å². The van der Waals surface area contributed by atoms with Crippen molar-refractivity contribution in [1.82, 2.24) is 14.8 Å². The van der Waals surface area contributed by atoms with Crippen LogP contribution in [0.3, 0.4) is 0 Å². The van der Waals surface area contributed by atoms with Crippen LogP contribution in [0.15, 0.2) is 18.3 Å². The molecule has 0 saturated carbocycles. The Labute approximate surface area is 83.5 Å². The molecular formula is C10H15N3O. The molecule has 1 N–H and O–H groups in total. The summed E-state index contributed by atoms with van der Waals surface area (Å²) in [5.74, 6) is 0. The number of hydrogen-bond donors (Lipinski definition) is 1. The van der Waals surface area contributed by atoms with Gasteiger partial charge in [-0.3, -0.25) is 0 Å². The molecule has 4 nitrogen and oxygen atoms in total. The van der Waals surface area contributed by atoms with Crippen molar-refractivity contribution >= 4 is 6.03 Å². The lowest BCUT2D eigenvalue weighted by Gasteiger charge is -2.34. The van der Waals surface area contributed by atoms with Gasteiger partial charge in [-0.2, -0.15) is 0 Å². The first-order valence-electron chi connectivity index (χ1n) is 4.87. The van der Waals surface area contributed by atoms with Crippen molar-refractivity contribution in [3.63, 3.8) is 0 Å². The molecule has 1 aromatic heterocycles. The number of amides is 2. The van der Waals surface area contributed by atoms with Crippen LogP contribution in [-0.4, -0.2) is 29.1 Å². The summed E-state index contributed by atoms with van der Waals surface area (Å²) in [4.78, 5) is 13.4. The number of nitrogens with one attached hydrogen (secondary N) is 1. The number of carbonyl (C=O) groups is 1. The van der Waals surface area contributed by atoms with E-state index < -0.39 is 0 Å². The van der Waals surface area contributed by atoms with E-state index in [-0.39, 0.29) is 12.1 Å². The molecule has 0 fully saturated rings. The van der Waals surface area contributed by atoms with Gasteiger partial charge in [-0.05, 0) is 19.1 Å². The Morgan fingerprint density at radius 1 is 1.57 bits per heavy atom. The smallest absolute Gasteiger partial charge is 0.317 e. The molecule has 0 bridgehead atoms. The molecule has 1 aromatic rings. The molecule has 14 heavy (non-hydrogen) atoms. The van der Waals surface area contributed by atoms with E-state index >= 15 is 0 Å². The lowest BCUT2D eigenvalue weighted by molar-refractivity contribution is 0.164. The Kier molecular flexibility index (Phi) is 2.19. The van der Waals surface area contributed by atoms with Gasteiger partial charge in [0.25, 0.3) is 0 Å². The second-order valence-corrected chi connectivity index (χ2v) is 3.55. The predicted molar refractivity (Wildman–Crippen MR) is 54.0 cm³/mol. The number of urea groups is 1. The summed E-state index contributed by atoms with van der Waals surface area (Å²) in [5.41, 5.74) is 1.21. The highest BCUT2D eigenvalue weighted by Crippen LogP contribution is 2.24. The summed E-state index contributed by atoms with van der Waals surface area (Å²) in [6.07, 6.45) is 2.06. The predicted octanol–water partition coefficient (Wildman–Crippen LogP) is 1.20. The van der Waals surface area contributed by atoms with Crippen LogP contribution in [0.1, 0.15) is 18.7 Å². The fourth-order valence-corrected chi connectivity index (χ4v) is 2.00. The molecule has 1 aliphatic heterocycles. The third-order valence-corrected chi connectivity index (χ3v) is 2.82. The van der Waals surface area contributed by atoms with Gasteiger partial charge in [0.1, 0.15) is 0 Å². The van der Waals surface area contributed by atoms with Crippen molar-refractivity contribution in [3.8, 4) is 0 Å². The van der Waals surface area contributed by atoms with E-state index in [1.165, 1.54) is 5.69 Å². The maximum Gasteiger partial charge on any atom is 0.317 e. The van der Waals surface area contributed by atoms with Crippen LogP contribution in [0, 0.1) is 0 Å². The molecular weight excluding hydrogens is 178 g/mol. The zero-order chi connectivity index (χ0) is 10.1. The summed E-state index contributed by atoms with van der Waals surface area (Å²) in [5, 5.41) is 2.67. The monoisotopic (exact) mass is 193 g/mol. The second kappa shape index (κ2) is 3.36.